The van der Waals surface area contributed by atoms with Crippen molar-refractivity contribution in [1.29, 1.82) is 0 Å². The van der Waals surface area contributed by atoms with E-state index in [1.165, 1.54) is 0 Å². The second kappa shape index (κ2) is 4.23. The molecule has 2 nitrogen and oxygen atoms in total. The molecule has 68 valence electrons. The molecule has 0 amide bonds. The normalized spacial score (nSPS) is 10.8. The minimum Gasteiger partial charge on any atom is -0.351 e. The van der Waals surface area contributed by atoms with Gasteiger partial charge < -0.3 is 4.90 Å². The Morgan fingerprint density at radius 1 is 1.67 bits per heavy atom. The minimum atomic E-state index is 0.678. The van der Waals surface area contributed by atoms with Crippen molar-refractivity contribution in [3.8, 4) is 0 Å². The van der Waals surface area contributed by atoms with Gasteiger partial charge in [0.25, 0.3) is 0 Å². The molecule has 0 aliphatic carbocycles. The Morgan fingerprint density at radius 3 is 2.75 bits per heavy atom. The molecule has 0 atom stereocenters. The van der Waals surface area contributed by atoms with Gasteiger partial charge in [0, 0.05) is 19.0 Å². The van der Waals surface area contributed by atoms with Gasteiger partial charge in [0.05, 0.1) is 0 Å². The molecule has 1 rings (SSSR count). The lowest BCUT2D eigenvalue weighted by molar-refractivity contribution is 0.637. The van der Waals surface area contributed by atoms with Gasteiger partial charge in [-0.1, -0.05) is 13.8 Å². The summed E-state index contributed by atoms with van der Waals surface area (Å²) in [7, 11) is 2.07. The van der Waals surface area contributed by atoms with Crippen LogP contribution in [-0.4, -0.2) is 18.6 Å². The fourth-order valence-electron chi connectivity index (χ4n) is 1.05. The molecule has 0 aromatic carbocycles. The van der Waals surface area contributed by atoms with Gasteiger partial charge in [0.15, 0.2) is 5.13 Å². The SMILES string of the molecule is CC(C)CN(C)c1nc(Br)cs1. The van der Waals surface area contributed by atoms with Gasteiger partial charge in [0.2, 0.25) is 0 Å². The van der Waals surface area contributed by atoms with Crippen LogP contribution in [0.25, 0.3) is 0 Å². The van der Waals surface area contributed by atoms with Gasteiger partial charge in [-0.05, 0) is 21.8 Å². The van der Waals surface area contributed by atoms with Crippen LogP contribution < -0.4 is 4.90 Å². The molecule has 1 aromatic heterocycles. The predicted molar refractivity (Wildman–Crippen MR) is 57.9 cm³/mol. The summed E-state index contributed by atoms with van der Waals surface area (Å²) < 4.78 is 0.929. The molecule has 0 aliphatic rings. The number of hydrogen-bond donors (Lipinski definition) is 0. The first-order chi connectivity index (χ1) is 5.59. The first-order valence-electron chi connectivity index (χ1n) is 3.91. The number of rotatable bonds is 3. The Balaban J connectivity index is 2.58. The third-order valence-corrected chi connectivity index (χ3v) is 3.09. The van der Waals surface area contributed by atoms with Crippen LogP contribution in [0.5, 0.6) is 0 Å². The summed E-state index contributed by atoms with van der Waals surface area (Å²) in [6.07, 6.45) is 0. The molecule has 0 fully saturated rings. The van der Waals surface area contributed by atoms with E-state index in [0.717, 1.165) is 16.3 Å². The van der Waals surface area contributed by atoms with Crippen molar-refractivity contribution in [2.24, 2.45) is 5.92 Å². The first kappa shape index (κ1) is 9.99. The Morgan fingerprint density at radius 2 is 2.33 bits per heavy atom. The van der Waals surface area contributed by atoms with Gasteiger partial charge in [-0.25, -0.2) is 4.98 Å². The average molecular weight is 249 g/mol. The summed E-state index contributed by atoms with van der Waals surface area (Å²) in [5, 5.41) is 3.09. The van der Waals surface area contributed by atoms with Crippen LogP contribution in [0, 0.1) is 5.92 Å². The van der Waals surface area contributed by atoms with Crippen LogP contribution in [0.3, 0.4) is 0 Å². The van der Waals surface area contributed by atoms with E-state index < -0.39 is 0 Å². The van der Waals surface area contributed by atoms with E-state index in [2.05, 4.69) is 46.7 Å². The lowest BCUT2D eigenvalue weighted by Crippen LogP contribution is -2.22. The zero-order valence-corrected chi connectivity index (χ0v) is 9.94. The lowest BCUT2D eigenvalue weighted by atomic mass is 10.2. The molecule has 1 aromatic rings. The Labute approximate surface area is 85.7 Å². The maximum Gasteiger partial charge on any atom is 0.186 e. The van der Waals surface area contributed by atoms with Gasteiger partial charge >= 0.3 is 0 Å². The van der Waals surface area contributed by atoms with Crippen molar-refractivity contribution in [2.75, 3.05) is 18.5 Å². The largest absolute Gasteiger partial charge is 0.351 e. The van der Waals surface area contributed by atoms with E-state index in [1.807, 2.05) is 5.38 Å². The molecule has 0 saturated carbocycles. The maximum atomic E-state index is 4.32. The lowest BCUT2D eigenvalue weighted by Gasteiger charge is -2.17. The summed E-state index contributed by atoms with van der Waals surface area (Å²) in [6.45, 7) is 5.47. The molecule has 1 heterocycles. The minimum absolute atomic E-state index is 0.678. The van der Waals surface area contributed by atoms with E-state index in [-0.39, 0.29) is 0 Å². The highest BCUT2D eigenvalue weighted by atomic mass is 79.9. The summed E-state index contributed by atoms with van der Waals surface area (Å²) in [5.41, 5.74) is 0. The fraction of sp³-hybridized carbons (Fsp3) is 0.625. The number of nitrogens with zero attached hydrogens (tertiary/aromatic N) is 2. The van der Waals surface area contributed by atoms with Crippen LogP contribution in [-0.2, 0) is 0 Å². The summed E-state index contributed by atoms with van der Waals surface area (Å²) in [6, 6.07) is 0. The molecule has 4 heteroatoms. The number of halogens is 1. The highest BCUT2D eigenvalue weighted by molar-refractivity contribution is 9.10. The zero-order valence-electron chi connectivity index (χ0n) is 7.54. The van der Waals surface area contributed by atoms with E-state index >= 15 is 0 Å². The van der Waals surface area contributed by atoms with Crippen molar-refractivity contribution in [3.05, 3.63) is 9.98 Å². The van der Waals surface area contributed by atoms with Crippen molar-refractivity contribution in [3.63, 3.8) is 0 Å². The van der Waals surface area contributed by atoms with Gasteiger partial charge in [-0.3, -0.25) is 0 Å². The Kier molecular flexibility index (Phi) is 3.53. The second-order valence-electron chi connectivity index (χ2n) is 3.23. The van der Waals surface area contributed by atoms with Crippen molar-refractivity contribution in [2.45, 2.75) is 13.8 Å². The molecular weight excluding hydrogens is 236 g/mol. The van der Waals surface area contributed by atoms with Crippen LogP contribution in [0.2, 0.25) is 0 Å². The van der Waals surface area contributed by atoms with Gasteiger partial charge in [0.1, 0.15) is 4.60 Å². The third kappa shape index (κ3) is 2.75. The average Bonchev–Trinajstić information content (AvgIpc) is 2.34. The molecule has 0 saturated heterocycles. The standard InChI is InChI=1S/C8H13BrN2S/c1-6(2)4-11(3)8-10-7(9)5-12-8/h5-6H,4H2,1-3H3. The van der Waals surface area contributed by atoms with Crippen LogP contribution in [0.4, 0.5) is 5.13 Å². The van der Waals surface area contributed by atoms with Gasteiger partial charge in [-0.2, -0.15) is 0 Å². The molecule has 0 unspecified atom stereocenters. The van der Waals surface area contributed by atoms with Crippen LogP contribution >= 0.6 is 27.3 Å². The topological polar surface area (TPSA) is 16.1 Å². The van der Waals surface area contributed by atoms with E-state index in [1.54, 1.807) is 11.3 Å². The van der Waals surface area contributed by atoms with E-state index in [0.29, 0.717) is 5.92 Å². The summed E-state index contributed by atoms with van der Waals surface area (Å²) in [5.74, 6) is 0.678. The maximum absolute atomic E-state index is 4.32. The number of aromatic nitrogens is 1. The molecule has 0 bridgehead atoms. The smallest absolute Gasteiger partial charge is 0.186 e. The summed E-state index contributed by atoms with van der Waals surface area (Å²) in [4.78, 5) is 6.51. The predicted octanol–water partition coefficient (Wildman–Crippen LogP) is 3.00. The Hall–Kier alpha value is -0.0900. The number of thiazole rings is 1. The highest BCUT2D eigenvalue weighted by Gasteiger charge is 2.06. The second-order valence-corrected chi connectivity index (χ2v) is 4.88. The van der Waals surface area contributed by atoms with Crippen molar-refractivity contribution >= 4 is 32.4 Å². The molecular formula is C8H13BrN2S. The van der Waals surface area contributed by atoms with Gasteiger partial charge in [-0.15, -0.1) is 11.3 Å². The van der Waals surface area contributed by atoms with Crippen molar-refractivity contribution < 1.29 is 0 Å². The van der Waals surface area contributed by atoms with E-state index in [9.17, 15) is 0 Å². The van der Waals surface area contributed by atoms with Crippen molar-refractivity contribution in [1.82, 2.24) is 4.98 Å². The van der Waals surface area contributed by atoms with E-state index in [4.69, 9.17) is 0 Å². The number of hydrogen-bond acceptors (Lipinski definition) is 3. The molecule has 0 aliphatic heterocycles. The monoisotopic (exact) mass is 248 g/mol. The van der Waals surface area contributed by atoms with Crippen LogP contribution in [0.1, 0.15) is 13.8 Å². The quantitative estimate of drug-likeness (QED) is 0.818. The molecule has 0 spiro atoms. The molecule has 12 heavy (non-hydrogen) atoms. The summed E-state index contributed by atoms with van der Waals surface area (Å²) >= 11 is 5.01. The first-order valence-corrected chi connectivity index (χ1v) is 5.59. The molecule has 0 radical (unpaired) electrons. The Bertz CT molecular complexity index is 247. The molecule has 0 N–H and O–H groups in total. The highest BCUT2D eigenvalue weighted by Crippen LogP contribution is 2.22. The third-order valence-electron chi connectivity index (χ3n) is 1.43. The van der Waals surface area contributed by atoms with Crippen LogP contribution in [0.15, 0.2) is 9.98 Å². The fourth-order valence-corrected chi connectivity index (χ4v) is 2.27. The number of anilines is 1. The zero-order chi connectivity index (χ0) is 9.14.